The van der Waals surface area contributed by atoms with Crippen LogP contribution in [-0.4, -0.2) is 63.2 Å². The number of nitrogens with one attached hydrogen (secondary N) is 1. The van der Waals surface area contributed by atoms with Gasteiger partial charge in [0.05, 0.1) is 45.6 Å². The highest BCUT2D eigenvalue weighted by molar-refractivity contribution is 7.10. The Morgan fingerprint density at radius 1 is 1.06 bits per heavy atom. The van der Waals surface area contributed by atoms with E-state index in [1.807, 2.05) is 18.2 Å². The van der Waals surface area contributed by atoms with E-state index in [4.69, 9.17) is 18.9 Å². The number of ether oxygens (including phenoxy) is 4. The van der Waals surface area contributed by atoms with E-state index in [2.05, 4.69) is 21.4 Å². The van der Waals surface area contributed by atoms with E-state index in [1.165, 1.54) is 18.6 Å². The van der Waals surface area contributed by atoms with Crippen LogP contribution in [0.15, 0.2) is 41.5 Å². The summed E-state index contributed by atoms with van der Waals surface area (Å²) in [5, 5.41) is 12.1. The molecular weight excluding hydrogens is 446 g/mol. The number of hydrogen-bond acceptors (Lipinski definition) is 9. The normalized spacial score (nSPS) is 11.4. The monoisotopic (exact) mass is 471 g/mol. The highest BCUT2D eigenvalue weighted by Crippen LogP contribution is 2.45. The van der Waals surface area contributed by atoms with E-state index in [0.717, 1.165) is 21.6 Å². The van der Waals surface area contributed by atoms with Crippen molar-refractivity contribution in [2.24, 2.45) is 4.99 Å². The molecule has 0 aliphatic carbocycles. The molecule has 1 atom stereocenters. The lowest BCUT2D eigenvalue weighted by Gasteiger charge is -2.15. The second-order valence-electron chi connectivity index (χ2n) is 6.77. The molecule has 0 spiro atoms. The van der Waals surface area contributed by atoms with E-state index in [-0.39, 0.29) is 0 Å². The van der Waals surface area contributed by atoms with E-state index in [0.29, 0.717) is 28.7 Å². The maximum Gasteiger partial charge on any atom is 0.251 e. The molecule has 3 rings (SSSR count). The zero-order valence-electron chi connectivity index (χ0n) is 18.7. The first-order valence-electron chi connectivity index (χ1n) is 9.82. The van der Waals surface area contributed by atoms with Gasteiger partial charge >= 0.3 is 0 Å². The third-order valence-corrected chi connectivity index (χ3v) is 5.81. The van der Waals surface area contributed by atoms with Crippen LogP contribution >= 0.6 is 11.5 Å². The Bertz CT molecular complexity index is 1120. The van der Waals surface area contributed by atoms with Gasteiger partial charge in [-0.1, -0.05) is 0 Å². The summed E-state index contributed by atoms with van der Waals surface area (Å²) in [7, 11) is 6.18. The van der Waals surface area contributed by atoms with Crippen LogP contribution in [0.4, 0.5) is 5.69 Å². The minimum Gasteiger partial charge on any atom is -0.495 e. The van der Waals surface area contributed by atoms with Crippen molar-refractivity contribution >= 4 is 29.8 Å². The number of carbonyl (C=O) groups excluding carboxylic acids is 1. The molecule has 0 aliphatic heterocycles. The summed E-state index contributed by atoms with van der Waals surface area (Å²) in [6.07, 6.45) is 1.76. The van der Waals surface area contributed by atoms with Crippen molar-refractivity contribution in [1.29, 1.82) is 0 Å². The molecule has 1 amide bonds. The number of nitrogens with zero attached hydrogens (tertiary/aromatic N) is 2. The Kier molecular flexibility index (Phi) is 7.86. The molecule has 0 aliphatic rings. The molecule has 33 heavy (non-hydrogen) atoms. The van der Waals surface area contributed by atoms with Gasteiger partial charge in [-0.2, -0.15) is 4.37 Å². The van der Waals surface area contributed by atoms with Crippen LogP contribution < -0.4 is 24.3 Å². The Hall–Kier alpha value is -3.63. The summed E-state index contributed by atoms with van der Waals surface area (Å²) in [4.78, 5) is 16.9. The number of rotatable bonds is 10. The lowest BCUT2D eigenvalue weighted by Crippen LogP contribution is -2.29. The zero-order chi connectivity index (χ0) is 24.0. The number of aliphatic imine (C=N–C) groups is 1. The summed E-state index contributed by atoms with van der Waals surface area (Å²) in [5.74, 6) is 1.53. The molecular formula is C23H25N3O6S. The second-order valence-corrected chi connectivity index (χ2v) is 7.57. The number of benzene rings is 2. The zero-order valence-corrected chi connectivity index (χ0v) is 19.6. The van der Waals surface area contributed by atoms with E-state index in [1.54, 1.807) is 39.7 Å². The van der Waals surface area contributed by atoms with Crippen LogP contribution in [0.25, 0.3) is 21.6 Å². The molecule has 0 radical (unpaired) electrons. The van der Waals surface area contributed by atoms with Crippen molar-refractivity contribution < 1.29 is 28.8 Å². The van der Waals surface area contributed by atoms with E-state index < -0.39 is 18.6 Å². The third kappa shape index (κ3) is 4.91. The Morgan fingerprint density at radius 2 is 1.73 bits per heavy atom. The number of aromatic nitrogens is 1. The Labute approximate surface area is 195 Å². The fourth-order valence-corrected chi connectivity index (χ4v) is 4.04. The molecule has 9 nitrogen and oxygen atoms in total. The average molecular weight is 472 g/mol. The van der Waals surface area contributed by atoms with Gasteiger partial charge in [-0.15, -0.1) is 0 Å². The fraction of sp³-hybridized carbons (Fsp3) is 0.261. The predicted octanol–water partition coefficient (Wildman–Crippen LogP) is 3.51. The first kappa shape index (κ1) is 24.0. The van der Waals surface area contributed by atoms with Gasteiger partial charge < -0.3 is 29.4 Å². The lowest BCUT2D eigenvalue weighted by atomic mass is 10.0. The van der Waals surface area contributed by atoms with Crippen molar-refractivity contribution in [3.63, 3.8) is 0 Å². The molecule has 3 aromatic rings. The number of methoxy groups -OCH3 is 4. The quantitative estimate of drug-likeness (QED) is 0.435. The third-order valence-electron chi connectivity index (χ3n) is 4.96. The molecule has 0 saturated heterocycles. The number of hydrogen-bond donors (Lipinski definition) is 2. The van der Waals surface area contributed by atoms with Crippen molar-refractivity contribution in [2.75, 3.05) is 40.4 Å². The first-order chi connectivity index (χ1) is 16.0. The molecule has 0 unspecified atom stereocenters. The summed E-state index contributed by atoms with van der Waals surface area (Å²) in [5.41, 5.74) is 2.92. The second kappa shape index (κ2) is 10.8. The van der Waals surface area contributed by atoms with Gasteiger partial charge in [0.2, 0.25) is 5.75 Å². The van der Waals surface area contributed by atoms with Crippen molar-refractivity contribution in [3.8, 4) is 44.6 Å². The number of aliphatic hydroxyl groups excluding tert-OH is 1. The van der Waals surface area contributed by atoms with Crippen LogP contribution in [-0.2, 0) is 4.79 Å². The van der Waals surface area contributed by atoms with Crippen molar-refractivity contribution in [1.82, 2.24) is 4.37 Å². The topological polar surface area (TPSA) is 112 Å². The van der Waals surface area contributed by atoms with Gasteiger partial charge in [0.15, 0.2) is 17.5 Å². The predicted molar refractivity (Wildman–Crippen MR) is 128 cm³/mol. The molecule has 2 aromatic carbocycles. The molecule has 10 heteroatoms. The minimum absolute atomic E-state index is 0.436. The SMILES string of the molecule is C=N[C@@H](CO)C(=O)Nc1cc(-c2sncc2-c2cc(OC)c(OC)c(OC)c2)ccc1OC. The highest BCUT2D eigenvalue weighted by atomic mass is 32.1. The fourth-order valence-electron chi connectivity index (χ4n) is 3.28. The van der Waals surface area contributed by atoms with Crippen LogP contribution in [0.2, 0.25) is 0 Å². The van der Waals surface area contributed by atoms with Crippen molar-refractivity contribution in [3.05, 3.63) is 36.5 Å². The summed E-state index contributed by atoms with van der Waals surface area (Å²) < 4.78 is 26.1. The smallest absolute Gasteiger partial charge is 0.251 e. The maximum absolute atomic E-state index is 12.4. The molecule has 0 bridgehead atoms. The standard InChI is InChI=1S/C23H25N3O6S/c1-24-17(12-27)23(28)26-16-8-13(6-7-18(16)29-2)22-15(11-25-33-22)14-9-19(30-3)21(32-5)20(10-14)31-4/h6-11,17,27H,1,12H2,2-5H3,(H,26,28)/t17-/m0/s1. The van der Waals surface area contributed by atoms with Crippen LogP contribution in [0.3, 0.4) is 0 Å². The van der Waals surface area contributed by atoms with Crippen molar-refractivity contribution in [2.45, 2.75) is 6.04 Å². The molecule has 2 N–H and O–H groups in total. The number of anilines is 1. The van der Waals surface area contributed by atoms with Crippen LogP contribution in [0.5, 0.6) is 23.0 Å². The van der Waals surface area contributed by atoms with Crippen LogP contribution in [0.1, 0.15) is 0 Å². The largest absolute Gasteiger partial charge is 0.495 e. The molecule has 1 aromatic heterocycles. The van der Waals surface area contributed by atoms with E-state index in [9.17, 15) is 9.90 Å². The first-order valence-corrected chi connectivity index (χ1v) is 10.6. The average Bonchev–Trinajstić information content (AvgIpc) is 3.33. The van der Waals surface area contributed by atoms with Gasteiger partial charge in [-0.05, 0) is 59.7 Å². The highest BCUT2D eigenvalue weighted by Gasteiger charge is 2.20. The molecule has 174 valence electrons. The van der Waals surface area contributed by atoms with Gasteiger partial charge in [0.1, 0.15) is 5.75 Å². The minimum atomic E-state index is -0.975. The lowest BCUT2D eigenvalue weighted by molar-refractivity contribution is -0.118. The van der Waals surface area contributed by atoms with Gasteiger partial charge in [0.25, 0.3) is 5.91 Å². The van der Waals surface area contributed by atoms with Crippen LogP contribution in [0, 0.1) is 0 Å². The van der Waals surface area contributed by atoms with E-state index >= 15 is 0 Å². The molecule has 0 saturated carbocycles. The van der Waals surface area contributed by atoms with Gasteiger partial charge in [0, 0.05) is 11.8 Å². The number of amides is 1. The number of aliphatic hydroxyl groups is 1. The Morgan fingerprint density at radius 3 is 2.27 bits per heavy atom. The Balaban J connectivity index is 2.06. The maximum atomic E-state index is 12.4. The summed E-state index contributed by atoms with van der Waals surface area (Å²) in [6, 6.07) is 8.13. The molecule has 0 fully saturated rings. The summed E-state index contributed by atoms with van der Waals surface area (Å²) >= 11 is 1.31. The number of carbonyl (C=O) groups is 1. The molecule has 1 heterocycles. The van der Waals surface area contributed by atoms with Gasteiger partial charge in [-0.3, -0.25) is 9.79 Å². The summed E-state index contributed by atoms with van der Waals surface area (Å²) in [6.45, 7) is 2.90. The van der Waals surface area contributed by atoms with Gasteiger partial charge in [-0.25, -0.2) is 0 Å².